The summed E-state index contributed by atoms with van der Waals surface area (Å²) in [7, 11) is 0. The highest BCUT2D eigenvalue weighted by Crippen LogP contribution is 2.22. The standard InChI is InChI=1S/C14H25N5O/c1-14(2,15)13-16-12(20-17-13)10-18-7-8-19-6-4-3-5-11(19)9-18/h11H,3-10,15H2,1-2H3. The van der Waals surface area contributed by atoms with Crippen LogP contribution in [0.25, 0.3) is 0 Å². The van der Waals surface area contributed by atoms with E-state index in [4.69, 9.17) is 10.3 Å². The first-order chi connectivity index (χ1) is 9.52. The predicted octanol–water partition coefficient (Wildman–Crippen LogP) is 0.934. The first-order valence-electron chi connectivity index (χ1n) is 7.61. The Morgan fingerprint density at radius 3 is 2.90 bits per heavy atom. The van der Waals surface area contributed by atoms with Gasteiger partial charge in [-0.1, -0.05) is 11.6 Å². The minimum absolute atomic E-state index is 0.538. The van der Waals surface area contributed by atoms with E-state index in [9.17, 15) is 0 Å². The molecule has 0 saturated carbocycles. The SMILES string of the molecule is CC(C)(N)c1noc(CN2CCN3CCCCC3C2)n1. The first-order valence-corrected chi connectivity index (χ1v) is 7.61. The maximum Gasteiger partial charge on any atom is 0.240 e. The zero-order chi connectivity index (χ0) is 14.2. The number of piperazine rings is 1. The van der Waals surface area contributed by atoms with E-state index >= 15 is 0 Å². The van der Waals surface area contributed by atoms with Gasteiger partial charge in [-0.05, 0) is 33.2 Å². The Balaban J connectivity index is 1.59. The van der Waals surface area contributed by atoms with Gasteiger partial charge in [-0.25, -0.2) is 0 Å². The lowest BCUT2D eigenvalue weighted by molar-refractivity contribution is 0.0409. The molecule has 0 radical (unpaired) electrons. The smallest absolute Gasteiger partial charge is 0.240 e. The number of rotatable bonds is 3. The molecule has 3 rings (SSSR count). The van der Waals surface area contributed by atoms with Crippen LogP contribution in [0.1, 0.15) is 44.8 Å². The molecule has 0 spiro atoms. The first kappa shape index (κ1) is 14.0. The fraction of sp³-hybridized carbons (Fsp3) is 0.857. The van der Waals surface area contributed by atoms with Gasteiger partial charge in [-0.3, -0.25) is 9.80 Å². The molecule has 6 heteroatoms. The van der Waals surface area contributed by atoms with Crippen molar-refractivity contribution < 1.29 is 4.52 Å². The average molecular weight is 279 g/mol. The third-order valence-corrected chi connectivity index (χ3v) is 4.32. The summed E-state index contributed by atoms with van der Waals surface area (Å²) < 4.78 is 5.33. The van der Waals surface area contributed by atoms with Crippen LogP contribution in [0.4, 0.5) is 0 Å². The van der Waals surface area contributed by atoms with Gasteiger partial charge in [0.2, 0.25) is 5.89 Å². The van der Waals surface area contributed by atoms with Gasteiger partial charge in [-0.15, -0.1) is 0 Å². The van der Waals surface area contributed by atoms with Crippen molar-refractivity contribution in [3.63, 3.8) is 0 Å². The van der Waals surface area contributed by atoms with E-state index in [1.54, 1.807) is 0 Å². The third kappa shape index (κ3) is 3.02. The Labute approximate surface area is 120 Å². The van der Waals surface area contributed by atoms with Gasteiger partial charge in [0, 0.05) is 25.7 Å². The van der Waals surface area contributed by atoms with E-state index < -0.39 is 5.54 Å². The molecule has 2 N–H and O–H groups in total. The molecule has 0 bridgehead atoms. The zero-order valence-electron chi connectivity index (χ0n) is 12.5. The van der Waals surface area contributed by atoms with Crippen LogP contribution >= 0.6 is 0 Å². The molecule has 2 fully saturated rings. The maximum absolute atomic E-state index is 5.99. The van der Waals surface area contributed by atoms with Crippen molar-refractivity contribution in [2.75, 3.05) is 26.2 Å². The Hall–Kier alpha value is -0.980. The van der Waals surface area contributed by atoms with E-state index in [0.29, 0.717) is 17.8 Å². The van der Waals surface area contributed by atoms with Crippen molar-refractivity contribution in [1.29, 1.82) is 0 Å². The molecule has 0 aliphatic carbocycles. The van der Waals surface area contributed by atoms with Gasteiger partial charge >= 0.3 is 0 Å². The van der Waals surface area contributed by atoms with Crippen LogP contribution in [0.15, 0.2) is 4.52 Å². The summed E-state index contributed by atoms with van der Waals surface area (Å²) in [5.41, 5.74) is 5.45. The largest absolute Gasteiger partial charge is 0.338 e. The Kier molecular flexibility index (Phi) is 3.79. The van der Waals surface area contributed by atoms with Crippen LogP contribution in [-0.4, -0.2) is 52.2 Å². The quantitative estimate of drug-likeness (QED) is 0.887. The summed E-state index contributed by atoms with van der Waals surface area (Å²) in [5, 5.41) is 3.99. The summed E-state index contributed by atoms with van der Waals surface area (Å²) in [6.45, 7) is 9.15. The molecule has 0 amide bonds. The van der Waals surface area contributed by atoms with Gasteiger partial charge in [0.15, 0.2) is 5.82 Å². The average Bonchev–Trinajstić information content (AvgIpc) is 2.87. The van der Waals surface area contributed by atoms with Gasteiger partial charge in [0.25, 0.3) is 0 Å². The minimum atomic E-state index is -0.538. The minimum Gasteiger partial charge on any atom is -0.338 e. The molecule has 1 aromatic heterocycles. The number of nitrogens with zero attached hydrogens (tertiary/aromatic N) is 4. The van der Waals surface area contributed by atoms with Crippen molar-refractivity contribution in [1.82, 2.24) is 19.9 Å². The third-order valence-electron chi connectivity index (χ3n) is 4.32. The number of piperidine rings is 1. The molecular formula is C14H25N5O. The summed E-state index contributed by atoms with van der Waals surface area (Å²) in [6, 6.07) is 0.714. The van der Waals surface area contributed by atoms with Gasteiger partial charge in [-0.2, -0.15) is 4.98 Å². The molecule has 6 nitrogen and oxygen atoms in total. The number of aromatic nitrogens is 2. The van der Waals surface area contributed by atoms with Crippen molar-refractivity contribution in [3.05, 3.63) is 11.7 Å². The molecular weight excluding hydrogens is 254 g/mol. The van der Waals surface area contributed by atoms with E-state index in [1.807, 2.05) is 13.8 Å². The lowest BCUT2D eigenvalue weighted by Crippen LogP contribution is -2.54. The summed E-state index contributed by atoms with van der Waals surface area (Å²) >= 11 is 0. The number of hydrogen-bond acceptors (Lipinski definition) is 6. The lowest BCUT2D eigenvalue weighted by Gasteiger charge is -2.43. The van der Waals surface area contributed by atoms with E-state index in [1.165, 1.54) is 25.8 Å². The van der Waals surface area contributed by atoms with E-state index in [2.05, 4.69) is 19.9 Å². The Bertz CT molecular complexity index is 453. The molecule has 2 aliphatic heterocycles. The van der Waals surface area contributed by atoms with Crippen molar-refractivity contribution in [3.8, 4) is 0 Å². The second-order valence-corrected chi connectivity index (χ2v) is 6.65. The fourth-order valence-corrected chi connectivity index (χ4v) is 3.14. The zero-order valence-corrected chi connectivity index (χ0v) is 12.5. The van der Waals surface area contributed by atoms with Crippen LogP contribution < -0.4 is 5.73 Å². The highest BCUT2D eigenvalue weighted by atomic mass is 16.5. The summed E-state index contributed by atoms with van der Waals surface area (Å²) in [5.74, 6) is 1.27. The van der Waals surface area contributed by atoms with Crippen LogP contribution in [-0.2, 0) is 12.1 Å². The van der Waals surface area contributed by atoms with Crippen LogP contribution in [0.5, 0.6) is 0 Å². The van der Waals surface area contributed by atoms with Gasteiger partial charge in [0.1, 0.15) is 0 Å². The van der Waals surface area contributed by atoms with Crippen LogP contribution in [0, 0.1) is 0 Å². The Morgan fingerprint density at radius 1 is 1.30 bits per heavy atom. The highest BCUT2D eigenvalue weighted by molar-refractivity contribution is 4.99. The molecule has 20 heavy (non-hydrogen) atoms. The lowest BCUT2D eigenvalue weighted by atomic mass is 9.99. The molecule has 2 saturated heterocycles. The molecule has 1 aromatic rings. The predicted molar refractivity (Wildman–Crippen MR) is 76.0 cm³/mol. The molecule has 0 aromatic carbocycles. The summed E-state index contributed by atoms with van der Waals surface area (Å²) in [4.78, 5) is 9.47. The fourth-order valence-electron chi connectivity index (χ4n) is 3.14. The number of hydrogen-bond donors (Lipinski definition) is 1. The topological polar surface area (TPSA) is 71.4 Å². The van der Waals surface area contributed by atoms with E-state index in [0.717, 1.165) is 26.2 Å². The summed E-state index contributed by atoms with van der Waals surface area (Å²) in [6.07, 6.45) is 4.04. The Morgan fingerprint density at radius 2 is 2.15 bits per heavy atom. The normalized spacial score (nSPS) is 25.6. The van der Waals surface area contributed by atoms with Gasteiger partial charge in [0.05, 0.1) is 12.1 Å². The second kappa shape index (κ2) is 5.42. The maximum atomic E-state index is 5.99. The van der Waals surface area contributed by atoms with Crippen LogP contribution in [0.2, 0.25) is 0 Å². The molecule has 112 valence electrons. The number of fused-ring (bicyclic) bond motifs is 1. The van der Waals surface area contributed by atoms with Gasteiger partial charge < -0.3 is 10.3 Å². The molecule has 2 aliphatic rings. The monoisotopic (exact) mass is 279 g/mol. The van der Waals surface area contributed by atoms with Crippen molar-refractivity contribution in [2.24, 2.45) is 5.73 Å². The molecule has 1 atom stereocenters. The highest BCUT2D eigenvalue weighted by Gasteiger charge is 2.30. The molecule has 3 heterocycles. The molecule has 1 unspecified atom stereocenters. The van der Waals surface area contributed by atoms with Crippen molar-refractivity contribution in [2.45, 2.75) is 51.2 Å². The second-order valence-electron chi connectivity index (χ2n) is 6.65. The number of nitrogens with two attached hydrogens (primary N) is 1. The van der Waals surface area contributed by atoms with Crippen molar-refractivity contribution >= 4 is 0 Å². The van der Waals surface area contributed by atoms with E-state index in [-0.39, 0.29) is 0 Å². The van der Waals surface area contributed by atoms with Crippen LogP contribution in [0.3, 0.4) is 0 Å².